The van der Waals surface area contributed by atoms with E-state index in [0.717, 1.165) is 11.1 Å². The van der Waals surface area contributed by atoms with Gasteiger partial charge in [0.1, 0.15) is 5.75 Å². The first-order valence-corrected chi connectivity index (χ1v) is 3.40. The zero-order chi connectivity index (χ0) is 8.43. The van der Waals surface area contributed by atoms with Crippen LogP contribution >= 0.6 is 0 Å². The van der Waals surface area contributed by atoms with E-state index in [4.69, 9.17) is 0 Å². The van der Waals surface area contributed by atoms with Crippen molar-refractivity contribution in [3.8, 4) is 5.75 Å². The average molecular weight is 357 g/mol. The number of benzene rings is 1. The summed E-state index contributed by atoms with van der Waals surface area (Å²) in [6.07, 6.45) is 0.671. The summed E-state index contributed by atoms with van der Waals surface area (Å²) >= 11 is 0. The van der Waals surface area contributed by atoms with E-state index in [0.29, 0.717) is 11.8 Å². The second-order valence-electron chi connectivity index (χ2n) is 2.63. The summed E-state index contributed by atoms with van der Waals surface area (Å²) < 4.78 is 0. The smallest absolute Gasteiger partial charge is 0.154 e. The van der Waals surface area contributed by atoms with Gasteiger partial charge in [0.25, 0.3) is 0 Å². The maximum Gasteiger partial charge on any atom is 0.154 e. The van der Waals surface area contributed by atoms with Crippen molar-refractivity contribution >= 4 is 33.6 Å². The van der Waals surface area contributed by atoms with Gasteiger partial charge in [-0.15, -0.1) is 0 Å². The molecule has 0 bridgehead atoms. The van der Waals surface area contributed by atoms with Gasteiger partial charge >= 0.3 is 0 Å². The van der Waals surface area contributed by atoms with Crippen molar-refractivity contribution in [1.82, 2.24) is 0 Å². The van der Waals surface area contributed by atoms with Crippen molar-refractivity contribution in [3.63, 3.8) is 0 Å². The van der Waals surface area contributed by atoms with Crippen LogP contribution in [0.15, 0.2) is 12.1 Å². The van der Waals surface area contributed by atoms with E-state index in [1.54, 1.807) is 13.0 Å². The number of aromatic hydroxyl groups is 1. The first kappa shape index (κ1) is 11.6. The maximum atomic E-state index is 10.4. The minimum atomic E-state index is 0. The average Bonchev–Trinajstić information content (AvgIpc) is 1.85. The van der Waals surface area contributed by atoms with Gasteiger partial charge in [-0.1, -0.05) is 6.07 Å². The summed E-state index contributed by atoms with van der Waals surface area (Å²) in [5.41, 5.74) is 2.17. The number of aryl methyl sites for hydroxylation is 2. The van der Waals surface area contributed by atoms with Crippen LogP contribution in [-0.2, 0) is 0 Å². The van der Waals surface area contributed by atoms with Gasteiger partial charge in [0.2, 0.25) is 0 Å². The number of hydrogen-bond donors (Lipinski definition) is 1. The molecule has 4 radical (unpaired) electrons. The molecule has 0 heterocycles. The molecule has 3 heteroatoms. The Morgan fingerprint density at radius 1 is 1.33 bits per heavy atom. The number of phenolic OH excluding ortho intramolecular Hbond substituents is 1. The summed E-state index contributed by atoms with van der Waals surface area (Å²) in [4.78, 5) is 10.4. The molecule has 62 valence electrons. The first-order valence-electron chi connectivity index (χ1n) is 3.40. The van der Waals surface area contributed by atoms with Crippen LogP contribution in [0.2, 0.25) is 0 Å². The van der Waals surface area contributed by atoms with E-state index in [-0.39, 0.29) is 33.0 Å². The number of carbonyl (C=O) groups is 1. The van der Waals surface area contributed by atoms with Crippen molar-refractivity contribution in [2.75, 3.05) is 0 Å². The van der Waals surface area contributed by atoms with Crippen LogP contribution in [0.25, 0.3) is 0 Å². The van der Waals surface area contributed by atoms with Crippen molar-refractivity contribution in [2.24, 2.45) is 0 Å². The molecule has 0 aliphatic heterocycles. The van der Waals surface area contributed by atoms with Crippen LogP contribution in [0.5, 0.6) is 5.75 Å². The summed E-state index contributed by atoms with van der Waals surface area (Å²) in [5, 5.41) is 9.24. The molecule has 1 rings (SSSR count). The first-order chi connectivity index (χ1) is 5.15. The summed E-state index contributed by atoms with van der Waals surface area (Å²) in [7, 11) is 0. The van der Waals surface area contributed by atoms with Gasteiger partial charge in [-0.05, 0) is 31.0 Å². The van der Waals surface area contributed by atoms with Crippen molar-refractivity contribution in [1.29, 1.82) is 0 Å². The quantitative estimate of drug-likeness (QED) is 0.610. The summed E-state index contributed by atoms with van der Waals surface area (Å²) in [6, 6.07) is 3.44. The summed E-state index contributed by atoms with van der Waals surface area (Å²) in [5.74, 6) is 0.0671. The van der Waals surface area contributed by atoms with E-state index >= 15 is 0 Å². The Morgan fingerprint density at radius 3 is 2.33 bits per heavy atom. The zero-order valence-corrected chi connectivity index (χ0v) is 11.0. The zero-order valence-electron chi connectivity index (χ0n) is 7.09. The minimum Gasteiger partial charge on any atom is -0.507 e. The van der Waals surface area contributed by atoms with Crippen LogP contribution < -0.4 is 0 Å². The molecule has 0 aliphatic carbocycles. The molecular formula is C9H10O2Pb. The van der Waals surface area contributed by atoms with Crippen molar-refractivity contribution in [2.45, 2.75) is 13.8 Å². The Bertz CT molecular complexity index is 272. The van der Waals surface area contributed by atoms with Crippen LogP contribution in [0.1, 0.15) is 21.5 Å². The SMILES string of the molecule is Cc1cc(C)c(C=O)c(O)c1.[Pb]. The topological polar surface area (TPSA) is 37.3 Å². The predicted molar refractivity (Wildman–Crippen MR) is 48.7 cm³/mol. The largest absolute Gasteiger partial charge is 0.507 e. The number of rotatable bonds is 1. The van der Waals surface area contributed by atoms with Crippen LogP contribution in [-0.4, -0.2) is 38.7 Å². The van der Waals surface area contributed by atoms with Gasteiger partial charge in [0, 0.05) is 27.3 Å². The van der Waals surface area contributed by atoms with E-state index in [9.17, 15) is 9.90 Å². The minimum absolute atomic E-state index is 0. The van der Waals surface area contributed by atoms with Crippen molar-refractivity contribution in [3.05, 3.63) is 28.8 Å². The molecule has 1 N–H and O–H groups in total. The van der Waals surface area contributed by atoms with Gasteiger partial charge in [-0.25, -0.2) is 0 Å². The molecule has 0 amide bonds. The fourth-order valence-electron chi connectivity index (χ4n) is 1.11. The van der Waals surface area contributed by atoms with Gasteiger partial charge in [0.15, 0.2) is 6.29 Å². The van der Waals surface area contributed by atoms with Crippen molar-refractivity contribution < 1.29 is 9.90 Å². The normalized spacial score (nSPS) is 8.83. The Hall–Kier alpha value is -0.388. The molecular weight excluding hydrogens is 347 g/mol. The molecule has 12 heavy (non-hydrogen) atoms. The molecule has 0 saturated carbocycles. The third kappa shape index (κ3) is 2.30. The second-order valence-corrected chi connectivity index (χ2v) is 2.63. The van der Waals surface area contributed by atoms with Gasteiger partial charge < -0.3 is 5.11 Å². The number of phenols is 1. The fourth-order valence-corrected chi connectivity index (χ4v) is 1.11. The fraction of sp³-hybridized carbons (Fsp3) is 0.222. The van der Waals surface area contributed by atoms with E-state index in [1.807, 2.05) is 13.0 Å². The monoisotopic (exact) mass is 358 g/mol. The molecule has 2 nitrogen and oxygen atoms in total. The standard InChI is InChI=1S/C9H10O2.Pb/c1-6-3-7(2)8(5-10)9(11)4-6;/h3-5,11H,1-2H3;. The molecule has 0 aliphatic rings. The van der Waals surface area contributed by atoms with Crippen LogP contribution in [0.4, 0.5) is 0 Å². The van der Waals surface area contributed by atoms with Gasteiger partial charge in [-0.3, -0.25) is 4.79 Å². The molecule has 0 spiro atoms. The van der Waals surface area contributed by atoms with Gasteiger partial charge in [0.05, 0.1) is 5.56 Å². The third-order valence-electron chi connectivity index (χ3n) is 1.63. The Morgan fingerprint density at radius 2 is 1.92 bits per heavy atom. The number of aldehydes is 1. The van der Waals surface area contributed by atoms with Crippen LogP contribution in [0, 0.1) is 13.8 Å². The molecule has 0 unspecified atom stereocenters. The second kappa shape index (κ2) is 4.59. The molecule has 0 saturated heterocycles. The number of hydrogen-bond acceptors (Lipinski definition) is 2. The molecule has 0 aromatic heterocycles. The van der Waals surface area contributed by atoms with Crippen LogP contribution in [0.3, 0.4) is 0 Å². The Balaban J connectivity index is 0.00000121. The number of carbonyl (C=O) groups excluding carboxylic acids is 1. The van der Waals surface area contributed by atoms with E-state index in [2.05, 4.69) is 0 Å². The Labute approximate surface area is 91.8 Å². The summed E-state index contributed by atoms with van der Waals surface area (Å²) in [6.45, 7) is 3.68. The Kier molecular flexibility index (Phi) is 4.44. The molecule has 1 aromatic rings. The molecule has 0 atom stereocenters. The molecule has 0 fully saturated rings. The van der Waals surface area contributed by atoms with Gasteiger partial charge in [-0.2, -0.15) is 0 Å². The molecule has 1 aromatic carbocycles. The predicted octanol–water partition coefficient (Wildman–Crippen LogP) is 1.44. The van der Waals surface area contributed by atoms with E-state index in [1.165, 1.54) is 0 Å². The maximum absolute atomic E-state index is 10.4. The third-order valence-corrected chi connectivity index (χ3v) is 1.63. The van der Waals surface area contributed by atoms with E-state index < -0.39 is 0 Å².